The standard InChI is InChI=1S/C6H7N4OPS/c1-10(2)6(9-12(11)13)5(3-7)4-8/h1-2H3,(H-,9,11,13)/p+1. The van der Waals surface area contributed by atoms with Gasteiger partial charge in [-0.25, -0.2) is 0 Å². The van der Waals surface area contributed by atoms with Crippen molar-refractivity contribution in [2.75, 3.05) is 14.1 Å². The maximum Gasteiger partial charge on any atom is 0.533 e. The largest absolute Gasteiger partial charge is 0.533 e. The molecular weight excluding hydrogens is 207 g/mol. The summed E-state index contributed by atoms with van der Waals surface area (Å²) >= 11 is 3.62. The summed E-state index contributed by atoms with van der Waals surface area (Å²) in [6.45, 7) is 0. The van der Waals surface area contributed by atoms with Crippen LogP contribution in [0.1, 0.15) is 0 Å². The summed E-state index contributed by atoms with van der Waals surface area (Å²) in [4.78, 5) is 1.49. The first-order valence-corrected chi connectivity index (χ1v) is 5.58. The monoisotopic (exact) mass is 215 g/mol. The Kier molecular flexibility index (Phi) is 4.91. The molecule has 0 rings (SSSR count). The van der Waals surface area contributed by atoms with Crippen LogP contribution in [0.4, 0.5) is 0 Å². The molecule has 0 fully saturated rings. The topological polar surface area (TPSA) is 79.9 Å². The molecule has 0 aliphatic heterocycles. The first kappa shape index (κ1) is 11.8. The van der Waals surface area contributed by atoms with E-state index in [-0.39, 0.29) is 11.4 Å². The molecule has 1 N–H and O–H groups in total. The lowest BCUT2D eigenvalue weighted by Gasteiger charge is -2.12. The van der Waals surface area contributed by atoms with Gasteiger partial charge in [-0.05, 0) is 4.57 Å². The fraction of sp³-hybridized carbons (Fsp3) is 0.333. The molecule has 0 bridgehead atoms. The van der Waals surface area contributed by atoms with E-state index in [1.807, 2.05) is 0 Å². The van der Waals surface area contributed by atoms with Crippen molar-refractivity contribution >= 4 is 19.4 Å². The van der Waals surface area contributed by atoms with Crippen LogP contribution < -0.4 is 5.09 Å². The van der Waals surface area contributed by atoms with Gasteiger partial charge in [0, 0.05) is 14.1 Å². The van der Waals surface area contributed by atoms with Crippen LogP contribution in [-0.2, 0) is 4.57 Å². The summed E-state index contributed by atoms with van der Waals surface area (Å²) < 4.78 is 10.7. The molecular formula is C6H8N4OPS+. The van der Waals surface area contributed by atoms with Gasteiger partial charge in [-0.2, -0.15) is 15.6 Å². The van der Waals surface area contributed by atoms with E-state index >= 15 is 0 Å². The van der Waals surface area contributed by atoms with E-state index in [1.54, 1.807) is 26.2 Å². The van der Waals surface area contributed by atoms with Crippen LogP contribution in [0.5, 0.6) is 0 Å². The van der Waals surface area contributed by atoms with Crippen LogP contribution >= 0.6 is 19.4 Å². The number of nitrogens with one attached hydrogen (secondary N) is 1. The molecule has 0 aromatic heterocycles. The van der Waals surface area contributed by atoms with Crippen LogP contribution in [0.3, 0.4) is 0 Å². The highest BCUT2D eigenvalue weighted by Crippen LogP contribution is 2.23. The molecule has 1 unspecified atom stereocenters. The van der Waals surface area contributed by atoms with E-state index in [0.717, 1.165) is 0 Å². The second-order valence-electron chi connectivity index (χ2n) is 2.23. The Morgan fingerprint density at radius 3 is 2.15 bits per heavy atom. The van der Waals surface area contributed by atoms with Crippen LogP contribution in [0.15, 0.2) is 11.4 Å². The summed E-state index contributed by atoms with van der Waals surface area (Å²) in [6.07, 6.45) is 0. The summed E-state index contributed by atoms with van der Waals surface area (Å²) in [5.41, 5.74) is -0.123. The van der Waals surface area contributed by atoms with Gasteiger partial charge < -0.3 is 4.90 Å². The van der Waals surface area contributed by atoms with Gasteiger partial charge in [0.25, 0.3) is 0 Å². The molecule has 0 aliphatic carbocycles. The number of hydrogen-bond acceptors (Lipinski definition) is 4. The minimum Gasteiger partial charge on any atom is -0.360 e. The normalized spacial score (nSPS) is 9.15. The SMILES string of the molecule is CN(C)C(N[P+](=O)S)=C(C#N)C#N. The van der Waals surface area contributed by atoms with E-state index in [4.69, 9.17) is 10.5 Å². The van der Waals surface area contributed by atoms with Crippen LogP contribution in [0.25, 0.3) is 0 Å². The minimum atomic E-state index is -1.92. The molecule has 0 aromatic rings. The van der Waals surface area contributed by atoms with Gasteiger partial charge in [0.2, 0.25) is 0 Å². The number of hydrogen-bond donors (Lipinski definition) is 2. The number of thiol groups is 1. The fourth-order valence-corrected chi connectivity index (χ4v) is 1.38. The van der Waals surface area contributed by atoms with Gasteiger partial charge >= 0.3 is 7.15 Å². The van der Waals surface area contributed by atoms with E-state index in [0.29, 0.717) is 0 Å². The highest BCUT2D eigenvalue weighted by molar-refractivity contribution is 8.40. The summed E-state index contributed by atoms with van der Waals surface area (Å²) in [5, 5.41) is 19.5. The molecule has 1 atom stereocenters. The number of nitriles is 2. The van der Waals surface area contributed by atoms with Crippen molar-refractivity contribution in [3.63, 3.8) is 0 Å². The van der Waals surface area contributed by atoms with Gasteiger partial charge in [0.05, 0.1) is 0 Å². The van der Waals surface area contributed by atoms with Crippen molar-refractivity contribution in [2.24, 2.45) is 0 Å². The van der Waals surface area contributed by atoms with Gasteiger partial charge in [-0.3, -0.25) is 0 Å². The van der Waals surface area contributed by atoms with E-state index < -0.39 is 7.15 Å². The zero-order chi connectivity index (χ0) is 10.4. The van der Waals surface area contributed by atoms with Crippen LogP contribution in [-0.4, -0.2) is 19.0 Å². The smallest absolute Gasteiger partial charge is 0.360 e. The Morgan fingerprint density at radius 1 is 1.46 bits per heavy atom. The number of allylic oxidation sites excluding steroid dienone is 1. The van der Waals surface area contributed by atoms with Gasteiger partial charge in [-0.15, -0.1) is 0 Å². The molecule has 0 heterocycles. The number of rotatable bonds is 3. The predicted octanol–water partition coefficient (Wildman–Crippen LogP) is 0.984. The number of nitrogens with zero attached hydrogens (tertiary/aromatic N) is 3. The maximum absolute atomic E-state index is 10.7. The van der Waals surface area contributed by atoms with Crippen molar-refractivity contribution < 1.29 is 4.57 Å². The highest BCUT2D eigenvalue weighted by atomic mass is 32.7. The third kappa shape index (κ3) is 3.80. The fourth-order valence-electron chi connectivity index (χ4n) is 0.601. The highest BCUT2D eigenvalue weighted by Gasteiger charge is 2.17. The Balaban J connectivity index is 5.03. The second-order valence-corrected chi connectivity index (χ2v) is 4.09. The molecule has 13 heavy (non-hydrogen) atoms. The Hall–Kier alpha value is -1.23. The Labute approximate surface area is 82.6 Å². The van der Waals surface area contributed by atoms with Gasteiger partial charge in [0.15, 0.2) is 11.4 Å². The average molecular weight is 215 g/mol. The predicted molar refractivity (Wildman–Crippen MR) is 51.7 cm³/mol. The van der Waals surface area contributed by atoms with Crippen molar-refractivity contribution in [3.8, 4) is 12.1 Å². The van der Waals surface area contributed by atoms with E-state index in [2.05, 4.69) is 17.3 Å². The van der Waals surface area contributed by atoms with E-state index in [1.165, 1.54) is 4.90 Å². The molecule has 0 aliphatic rings. The third-order valence-electron chi connectivity index (χ3n) is 1.11. The summed E-state index contributed by atoms with van der Waals surface area (Å²) in [5.74, 6) is 0.209. The van der Waals surface area contributed by atoms with Crippen molar-refractivity contribution in [1.82, 2.24) is 9.99 Å². The Morgan fingerprint density at radius 2 is 1.92 bits per heavy atom. The molecule has 0 radical (unpaired) electrons. The quantitative estimate of drug-likeness (QED) is 0.417. The van der Waals surface area contributed by atoms with Crippen molar-refractivity contribution in [2.45, 2.75) is 0 Å². The van der Waals surface area contributed by atoms with Gasteiger partial charge in [0.1, 0.15) is 24.4 Å². The zero-order valence-corrected chi connectivity index (χ0v) is 8.93. The molecule has 68 valence electrons. The molecule has 0 aromatic carbocycles. The molecule has 0 amide bonds. The summed E-state index contributed by atoms with van der Waals surface area (Å²) in [7, 11) is 1.33. The lowest BCUT2D eigenvalue weighted by Crippen LogP contribution is -2.21. The first-order chi connectivity index (χ1) is 6.02. The molecule has 5 nitrogen and oxygen atoms in total. The third-order valence-corrected chi connectivity index (χ3v) is 1.81. The van der Waals surface area contributed by atoms with Crippen LogP contribution in [0.2, 0.25) is 0 Å². The lowest BCUT2D eigenvalue weighted by atomic mass is 10.3. The van der Waals surface area contributed by atoms with Crippen molar-refractivity contribution in [1.29, 1.82) is 10.5 Å². The zero-order valence-electron chi connectivity index (χ0n) is 7.14. The molecule has 0 saturated heterocycles. The van der Waals surface area contributed by atoms with Gasteiger partial charge in [-0.1, -0.05) is 0 Å². The average Bonchev–Trinajstić information content (AvgIpc) is 2.04. The summed E-state index contributed by atoms with van der Waals surface area (Å²) in [6, 6.07) is 3.38. The minimum absolute atomic E-state index is 0.123. The first-order valence-electron chi connectivity index (χ1n) is 3.17. The van der Waals surface area contributed by atoms with Crippen molar-refractivity contribution in [3.05, 3.63) is 11.4 Å². The second kappa shape index (κ2) is 5.42. The Bertz CT molecular complexity index is 309. The van der Waals surface area contributed by atoms with Crippen LogP contribution in [0, 0.1) is 22.7 Å². The molecule has 0 saturated carbocycles. The maximum atomic E-state index is 10.7. The lowest BCUT2D eigenvalue weighted by molar-refractivity contribution is 0.486. The molecule has 0 spiro atoms. The molecule has 7 heteroatoms. The van der Waals surface area contributed by atoms with E-state index in [9.17, 15) is 4.57 Å².